The molecule has 0 spiro atoms. The number of ether oxygens (including phenoxy) is 2. The van der Waals surface area contributed by atoms with Crippen LogP contribution in [0.5, 0.6) is 11.5 Å². The van der Waals surface area contributed by atoms with Crippen molar-refractivity contribution in [1.82, 2.24) is 10.2 Å². The molecule has 0 radical (unpaired) electrons. The predicted molar refractivity (Wildman–Crippen MR) is 96.9 cm³/mol. The lowest BCUT2D eigenvalue weighted by Crippen LogP contribution is -2.38. The molecular formula is C20H24N2O3. The third-order valence-corrected chi connectivity index (χ3v) is 4.27. The van der Waals surface area contributed by atoms with Crippen molar-refractivity contribution in [2.45, 2.75) is 13.0 Å². The monoisotopic (exact) mass is 340 g/mol. The van der Waals surface area contributed by atoms with Crippen molar-refractivity contribution in [2.24, 2.45) is 0 Å². The van der Waals surface area contributed by atoms with Gasteiger partial charge < -0.3 is 14.8 Å². The average molecular weight is 340 g/mol. The van der Waals surface area contributed by atoms with Crippen LogP contribution < -0.4 is 14.8 Å². The maximum Gasteiger partial charge on any atom is 0.234 e. The summed E-state index contributed by atoms with van der Waals surface area (Å²) in [5.74, 6) is 1.80. The van der Waals surface area contributed by atoms with Gasteiger partial charge in [0.1, 0.15) is 18.1 Å². The molecule has 0 aliphatic carbocycles. The highest BCUT2D eigenvalue weighted by Crippen LogP contribution is 2.22. The molecule has 2 aromatic rings. The van der Waals surface area contributed by atoms with Crippen molar-refractivity contribution in [3.63, 3.8) is 0 Å². The molecule has 1 heterocycles. The van der Waals surface area contributed by atoms with Gasteiger partial charge in [0.15, 0.2) is 0 Å². The van der Waals surface area contributed by atoms with E-state index in [0.717, 1.165) is 42.1 Å². The highest BCUT2D eigenvalue weighted by atomic mass is 16.5. The fraction of sp³-hybridized carbons (Fsp3) is 0.350. The molecule has 1 aliphatic rings. The molecule has 1 N–H and O–H groups in total. The zero-order valence-corrected chi connectivity index (χ0v) is 14.5. The molecule has 0 bridgehead atoms. The first-order valence-electron chi connectivity index (χ1n) is 8.57. The predicted octanol–water partition coefficient (Wildman–Crippen LogP) is 2.25. The normalized spacial score (nSPS) is 14.1. The van der Waals surface area contributed by atoms with Gasteiger partial charge in [0.05, 0.1) is 13.7 Å². The van der Waals surface area contributed by atoms with Crippen LogP contribution in [0.25, 0.3) is 0 Å². The van der Waals surface area contributed by atoms with Gasteiger partial charge >= 0.3 is 0 Å². The third-order valence-electron chi connectivity index (χ3n) is 4.27. The molecule has 0 aromatic heterocycles. The lowest BCUT2D eigenvalue weighted by molar-refractivity contribution is -0.122. The van der Waals surface area contributed by atoms with Crippen LogP contribution in [0.2, 0.25) is 0 Å². The van der Waals surface area contributed by atoms with E-state index in [1.807, 2.05) is 48.5 Å². The summed E-state index contributed by atoms with van der Waals surface area (Å²) in [5.41, 5.74) is 2.28. The van der Waals surface area contributed by atoms with Crippen LogP contribution in [0.3, 0.4) is 0 Å². The number of amides is 1. The quantitative estimate of drug-likeness (QED) is 0.876. The summed E-state index contributed by atoms with van der Waals surface area (Å²) in [6, 6.07) is 15.9. The molecule has 0 saturated carbocycles. The Morgan fingerprint density at radius 1 is 1.24 bits per heavy atom. The Hall–Kier alpha value is -2.53. The van der Waals surface area contributed by atoms with Crippen LogP contribution in [-0.2, 0) is 17.8 Å². The molecule has 0 unspecified atom stereocenters. The van der Waals surface area contributed by atoms with Gasteiger partial charge in [0.25, 0.3) is 0 Å². The number of carbonyl (C=O) groups excluding carboxylic acids is 1. The Morgan fingerprint density at radius 3 is 3.00 bits per heavy atom. The Kier molecular flexibility index (Phi) is 5.90. The van der Waals surface area contributed by atoms with Crippen molar-refractivity contribution in [2.75, 3.05) is 33.4 Å². The van der Waals surface area contributed by atoms with Crippen LogP contribution in [0, 0.1) is 0 Å². The second-order valence-electron chi connectivity index (χ2n) is 6.12. The van der Waals surface area contributed by atoms with Crippen LogP contribution in [-0.4, -0.2) is 44.2 Å². The second kappa shape index (κ2) is 8.53. The zero-order chi connectivity index (χ0) is 17.5. The number of fused-ring (bicyclic) bond motifs is 1. The summed E-state index contributed by atoms with van der Waals surface area (Å²) in [4.78, 5) is 14.3. The third kappa shape index (κ3) is 4.97. The number of para-hydroxylation sites is 1. The zero-order valence-electron chi connectivity index (χ0n) is 14.5. The summed E-state index contributed by atoms with van der Waals surface area (Å²) < 4.78 is 11.0. The minimum atomic E-state index is 0.0438. The number of nitrogens with zero attached hydrogens (tertiary/aromatic N) is 1. The first-order valence-corrected chi connectivity index (χ1v) is 8.57. The second-order valence-corrected chi connectivity index (χ2v) is 6.12. The van der Waals surface area contributed by atoms with Crippen molar-refractivity contribution in [1.29, 1.82) is 0 Å². The average Bonchev–Trinajstić information content (AvgIpc) is 2.83. The largest absolute Gasteiger partial charge is 0.497 e. The molecule has 0 atom stereocenters. The minimum absolute atomic E-state index is 0.0438. The van der Waals surface area contributed by atoms with E-state index in [2.05, 4.69) is 10.2 Å². The molecule has 0 fully saturated rings. The minimum Gasteiger partial charge on any atom is -0.497 e. The summed E-state index contributed by atoms with van der Waals surface area (Å²) in [7, 11) is 1.66. The molecule has 1 amide bonds. The van der Waals surface area contributed by atoms with Crippen molar-refractivity contribution in [3.8, 4) is 11.5 Å². The fourth-order valence-corrected chi connectivity index (χ4v) is 2.95. The fourth-order valence-electron chi connectivity index (χ4n) is 2.95. The Balaban J connectivity index is 1.46. The van der Waals surface area contributed by atoms with Gasteiger partial charge in [-0.2, -0.15) is 0 Å². The molecule has 0 saturated heterocycles. The molecule has 25 heavy (non-hydrogen) atoms. The maximum absolute atomic E-state index is 12.2. The van der Waals surface area contributed by atoms with Gasteiger partial charge in [0.2, 0.25) is 5.91 Å². The standard InChI is InChI=1S/C20H24N2O3/c1-24-18-7-4-5-16(13-18)9-10-21-20(23)15-22-11-12-25-19-8-3-2-6-17(19)14-22/h2-8,13H,9-12,14-15H2,1H3,(H,21,23). The van der Waals surface area contributed by atoms with E-state index in [-0.39, 0.29) is 5.91 Å². The Labute approximate surface area is 148 Å². The van der Waals surface area contributed by atoms with E-state index in [1.165, 1.54) is 0 Å². The van der Waals surface area contributed by atoms with E-state index in [4.69, 9.17) is 9.47 Å². The highest BCUT2D eigenvalue weighted by Gasteiger charge is 2.17. The smallest absolute Gasteiger partial charge is 0.234 e. The lowest BCUT2D eigenvalue weighted by Gasteiger charge is -2.18. The van der Waals surface area contributed by atoms with Gasteiger partial charge in [-0.15, -0.1) is 0 Å². The lowest BCUT2D eigenvalue weighted by atomic mass is 10.1. The highest BCUT2D eigenvalue weighted by molar-refractivity contribution is 5.78. The van der Waals surface area contributed by atoms with E-state index in [0.29, 0.717) is 19.7 Å². The molecule has 5 nitrogen and oxygen atoms in total. The molecule has 2 aromatic carbocycles. The van der Waals surface area contributed by atoms with Crippen LogP contribution in [0.1, 0.15) is 11.1 Å². The number of nitrogens with one attached hydrogen (secondary N) is 1. The number of hydrogen-bond donors (Lipinski definition) is 1. The number of methoxy groups -OCH3 is 1. The van der Waals surface area contributed by atoms with Crippen LogP contribution in [0.4, 0.5) is 0 Å². The number of carbonyl (C=O) groups is 1. The molecule has 132 valence electrons. The first kappa shape index (κ1) is 17.3. The van der Waals surface area contributed by atoms with Crippen molar-refractivity contribution in [3.05, 3.63) is 59.7 Å². The van der Waals surface area contributed by atoms with Crippen molar-refractivity contribution < 1.29 is 14.3 Å². The van der Waals surface area contributed by atoms with Crippen molar-refractivity contribution >= 4 is 5.91 Å². The Bertz CT molecular complexity index is 718. The number of benzene rings is 2. The van der Waals surface area contributed by atoms with E-state index in [9.17, 15) is 4.79 Å². The first-order chi connectivity index (χ1) is 12.2. The van der Waals surface area contributed by atoms with Gasteiger partial charge in [0, 0.05) is 25.2 Å². The van der Waals surface area contributed by atoms with Gasteiger partial charge in [-0.1, -0.05) is 30.3 Å². The van der Waals surface area contributed by atoms with Crippen LogP contribution >= 0.6 is 0 Å². The molecule has 5 heteroatoms. The summed E-state index contributed by atoms with van der Waals surface area (Å²) >= 11 is 0. The summed E-state index contributed by atoms with van der Waals surface area (Å²) in [6.45, 7) is 3.09. The molecule has 3 rings (SSSR count). The molecule has 1 aliphatic heterocycles. The number of hydrogen-bond acceptors (Lipinski definition) is 4. The van der Waals surface area contributed by atoms with E-state index in [1.54, 1.807) is 7.11 Å². The topological polar surface area (TPSA) is 50.8 Å². The van der Waals surface area contributed by atoms with Gasteiger partial charge in [-0.3, -0.25) is 9.69 Å². The van der Waals surface area contributed by atoms with E-state index < -0.39 is 0 Å². The van der Waals surface area contributed by atoms with Gasteiger partial charge in [-0.25, -0.2) is 0 Å². The maximum atomic E-state index is 12.2. The molecular weight excluding hydrogens is 316 g/mol. The Morgan fingerprint density at radius 2 is 2.12 bits per heavy atom. The summed E-state index contributed by atoms with van der Waals surface area (Å²) in [6.07, 6.45) is 0.787. The van der Waals surface area contributed by atoms with E-state index >= 15 is 0 Å². The SMILES string of the molecule is COc1cccc(CCNC(=O)CN2CCOc3ccccc3C2)c1. The summed E-state index contributed by atoms with van der Waals surface area (Å²) in [5, 5.41) is 3.00. The number of rotatable bonds is 6. The van der Waals surface area contributed by atoms with Crippen LogP contribution in [0.15, 0.2) is 48.5 Å². The van der Waals surface area contributed by atoms with Gasteiger partial charge in [-0.05, 0) is 30.2 Å².